The molecule has 0 unspecified atom stereocenters. The molecule has 0 bridgehead atoms. The van der Waals surface area contributed by atoms with Gasteiger partial charge in [-0.1, -0.05) is 0 Å². The Morgan fingerprint density at radius 2 is 1.82 bits per heavy atom. The second kappa shape index (κ2) is 10.5. The SMILES string of the molecule is COCCOCCN(CCN(C)C)CC(=O)O. The van der Waals surface area contributed by atoms with Crippen molar-refractivity contribution in [1.29, 1.82) is 0 Å². The maximum Gasteiger partial charge on any atom is 0.317 e. The van der Waals surface area contributed by atoms with Crippen molar-refractivity contribution in [2.75, 3.05) is 67.2 Å². The lowest BCUT2D eigenvalue weighted by molar-refractivity contribution is -0.138. The number of likely N-dealkylation sites (N-methyl/N-ethyl adjacent to an activating group) is 1. The lowest BCUT2D eigenvalue weighted by Crippen LogP contribution is -2.37. The van der Waals surface area contributed by atoms with Crippen molar-refractivity contribution >= 4 is 5.97 Å². The zero-order valence-electron chi connectivity index (χ0n) is 11.0. The highest BCUT2D eigenvalue weighted by Gasteiger charge is 2.09. The number of nitrogens with zero attached hydrogens (tertiary/aromatic N) is 2. The van der Waals surface area contributed by atoms with Crippen molar-refractivity contribution in [2.24, 2.45) is 0 Å². The van der Waals surface area contributed by atoms with Crippen molar-refractivity contribution in [3.05, 3.63) is 0 Å². The molecule has 0 heterocycles. The van der Waals surface area contributed by atoms with Crippen LogP contribution in [-0.2, 0) is 14.3 Å². The summed E-state index contributed by atoms with van der Waals surface area (Å²) in [4.78, 5) is 14.6. The number of ether oxygens (including phenoxy) is 2. The Morgan fingerprint density at radius 1 is 1.12 bits per heavy atom. The van der Waals surface area contributed by atoms with E-state index in [2.05, 4.69) is 0 Å². The van der Waals surface area contributed by atoms with Gasteiger partial charge in [-0.25, -0.2) is 0 Å². The molecule has 102 valence electrons. The van der Waals surface area contributed by atoms with Crippen LogP contribution in [-0.4, -0.2) is 88.1 Å². The molecular formula is C11H24N2O4. The summed E-state index contributed by atoms with van der Waals surface area (Å²) in [5.74, 6) is -0.805. The van der Waals surface area contributed by atoms with E-state index in [1.54, 1.807) is 7.11 Å². The molecule has 0 aromatic heterocycles. The Bertz CT molecular complexity index is 200. The van der Waals surface area contributed by atoms with Crippen molar-refractivity contribution in [3.63, 3.8) is 0 Å². The maximum absolute atomic E-state index is 10.7. The van der Waals surface area contributed by atoms with E-state index in [0.717, 1.165) is 13.1 Å². The highest BCUT2D eigenvalue weighted by atomic mass is 16.5. The molecule has 6 nitrogen and oxygen atoms in total. The first-order valence-electron chi connectivity index (χ1n) is 5.71. The van der Waals surface area contributed by atoms with Gasteiger partial charge in [-0.05, 0) is 14.1 Å². The summed E-state index contributed by atoms with van der Waals surface area (Å²) in [6.07, 6.45) is 0. The molecule has 0 amide bonds. The number of aliphatic carboxylic acids is 1. The molecule has 1 N–H and O–H groups in total. The summed E-state index contributed by atoms with van der Waals surface area (Å²) < 4.78 is 10.2. The average Bonchev–Trinajstić information content (AvgIpc) is 2.24. The van der Waals surface area contributed by atoms with Crippen LogP contribution in [0.2, 0.25) is 0 Å². The highest BCUT2D eigenvalue weighted by Crippen LogP contribution is 1.90. The molecule has 0 rings (SSSR count). The van der Waals surface area contributed by atoms with Crippen LogP contribution in [0.5, 0.6) is 0 Å². The van der Waals surface area contributed by atoms with E-state index in [1.165, 1.54) is 0 Å². The van der Waals surface area contributed by atoms with Crippen molar-refractivity contribution in [2.45, 2.75) is 0 Å². The molecule has 0 aromatic rings. The Kier molecular flexibility index (Phi) is 10.0. The fourth-order valence-corrected chi connectivity index (χ4v) is 1.24. The van der Waals surface area contributed by atoms with Crippen LogP contribution in [0.3, 0.4) is 0 Å². The molecular weight excluding hydrogens is 224 g/mol. The quantitative estimate of drug-likeness (QED) is 0.502. The monoisotopic (exact) mass is 248 g/mol. The number of carboxylic acid groups (broad SMARTS) is 1. The second-order valence-electron chi connectivity index (χ2n) is 4.08. The molecule has 0 fully saturated rings. The number of hydrogen-bond acceptors (Lipinski definition) is 5. The summed E-state index contributed by atoms with van der Waals surface area (Å²) in [7, 11) is 5.55. The van der Waals surface area contributed by atoms with Gasteiger partial charge in [0.05, 0.1) is 26.4 Å². The third kappa shape index (κ3) is 11.6. The molecule has 0 atom stereocenters. The van der Waals surface area contributed by atoms with E-state index in [4.69, 9.17) is 14.6 Å². The minimum atomic E-state index is -0.805. The van der Waals surface area contributed by atoms with E-state index < -0.39 is 5.97 Å². The number of carboxylic acids is 1. The van der Waals surface area contributed by atoms with Crippen molar-refractivity contribution < 1.29 is 19.4 Å². The molecule has 0 spiro atoms. The van der Waals surface area contributed by atoms with Crippen LogP contribution in [0, 0.1) is 0 Å². The Morgan fingerprint density at radius 3 is 2.35 bits per heavy atom. The van der Waals surface area contributed by atoms with E-state index in [-0.39, 0.29) is 6.54 Å². The molecule has 0 aliphatic rings. The van der Waals surface area contributed by atoms with Gasteiger partial charge < -0.3 is 19.5 Å². The number of rotatable bonds is 11. The van der Waals surface area contributed by atoms with Crippen LogP contribution in [0.4, 0.5) is 0 Å². The number of hydrogen-bond donors (Lipinski definition) is 1. The minimum absolute atomic E-state index is 0.0570. The van der Waals surface area contributed by atoms with E-state index in [0.29, 0.717) is 26.4 Å². The van der Waals surface area contributed by atoms with Crippen LogP contribution in [0.25, 0.3) is 0 Å². The standard InChI is InChI=1S/C11H24N2O4/c1-12(2)4-5-13(10-11(14)15)6-7-17-9-8-16-3/h4-10H2,1-3H3,(H,14,15). The smallest absolute Gasteiger partial charge is 0.317 e. The van der Waals surface area contributed by atoms with Gasteiger partial charge in [-0.2, -0.15) is 0 Å². The van der Waals surface area contributed by atoms with E-state index >= 15 is 0 Å². The number of methoxy groups -OCH3 is 1. The van der Waals surface area contributed by atoms with Gasteiger partial charge in [0.25, 0.3) is 0 Å². The fourth-order valence-electron chi connectivity index (χ4n) is 1.24. The summed E-state index contributed by atoms with van der Waals surface area (Å²) in [5.41, 5.74) is 0. The lowest BCUT2D eigenvalue weighted by Gasteiger charge is -2.22. The van der Waals surface area contributed by atoms with Crippen LogP contribution >= 0.6 is 0 Å². The predicted octanol–water partition coefficient (Wildman–Crippen LogP) is -0.402. The Hall–Kier alpha value is -0.690. The maximum atomic E-state index is 10.7. The zero-order valence-corrected chi connectivity index (χ0v) is 11.0. The largest absolute Gasteiger partial charge is 0.480 e. The van der Waals surface area contributed by atoms with Crippen LogP contribution in [0.1, 0.15) is 0 Å². The third-order valence-electron chi connectivity index (χ3n) is 2.21. The van der Waals surface area contributed by atoms with Crippen LogP contribution in [0.15, 0.2) is 0 Å². The van der Waals surface area contributed by atoms with Crippen LogP contribution < -0.4 is 0 Å². The first kappa shape index (κ1) is 16.3. The highest BCUT2D eigenvalue weighted by molar-refractivity contribution is 5.69. The molecule has 0 aromatic carbocycles. The molecule has 0 radical (unpaired) electrons. The number of carbonyl (C=O) groups is 1. The lowest BCUT2D eigenvalue weighted by atomic mass is 10.4. The first-order valence-corrected chi connectivity index (χ1v) is 5.71. The van der Waals surface area contributed by atoms with Gasteiger partial charge in [-0.15, -0.1) is 0 Å². The normalized spacial score (nSPS) is 11.4. The summed E-state index contributed by atoms with van der Waals surface area (Å²) in [5, 5.41) is 8.77. The van der Waals surface area contributed by atoms with Crippen molar-refractivity contribution in [3.8, 4) is 0 Å². The molecule has 0 saturated heterocycles. The summed E-state index contributed by atoms with van der Waals surface area (Å²) >= 11 is 0. The minimum Gasteiger partial charge on any atom is -0.480 e. The van der Waals surface area contributed by atoms with Crippen molar-refractivity contribution in [1.82, 2.24) is 9.80 Å². The summed E-state index contributed by atoms with van der Waals surface area (Å²) in [6.45, 7) is 3.90. The van der Waals surface area contributed by atoms with E-state index in [1.807, 2.05) is 23.9 Å². The Balaban J connectivity index is 3.72. The molecule has 0 aliphatic heterocycles. The first-order chi connectivity index (χ1) is 8.06. The fraction of sp³-hybridized carbons (Fsp3) is 0.909. The zero-order chi connectivity index (χ0) is 13.1. The molecule has 17 heavy (non-hydrogen) atoms. The van der Waals surface area contributed by atoms with Gasteiger partial charge in [0.15, 0.2) is 0 Å². The topological polar surface area (TPSA) is 62.2 Å². The van der Waals surface area contributed by atoms with Gasteiger partial charge in [0.1, 0.15) is 0 Å². The molecule has 0 aliphatic carbocycles. The van der Waals surface area contributed by atoms with Gasteiger partial charge >= 0.3 is 5.97 Å². The average molecular weight is 248 g/mol. The summed E-state index contributed by atoms with van der Waals surface area (Å²) in [6, 6.07) is 0. The molecule has 0 saturated carbocycles. The third-order valence-corrected chi connectivity index (χ3v) is 2.21. The van der Waals surface area contributed by atoms with Gasteiger partial charge in [0.2, 0.25) is 0 Å². The van der Waals surface area contributed by atoms with E-state index in [9.17, 15) is 4.79 Å². The Labute approximate surface area is 103 Å². The van der Waals surface area contributed by atoms with Gasteiger partial charge in [0, 0.05) is 26.7 Å². The van der Waals surface area contributed by atoms with Gasteiger partial charge in [-0.3, -0.25) is 9.69 Å². The predicted molar refractivity (Wildman–Crippen MR) is 65.3 cm³/mol. The second-order valence-corrected chi connectivity index (χ2v) is 4.08. The molecule has 6 heteroatoms.